The Morgan fingerprint density at radius 3 is 2.75 bits per heavy atom. The molecule has 1 unspecified atom stereocenters. The second-order valence-electron chi connectivity index (χ2n) is 6.02. The number of aromatic nitrogens is 1. The lowest BCUT2D eigenvalue weighted by molar-refractivity contribution is 0.102. The summed E-state index contributed by atoms with van der Waals surface area (Å²) in [5.41, 5.74) is 1.43. The largest absolute Gasteiger partial charge is 0.387 e. The normalized spacial score (nSPS) is 20.8. The summed E-state index contributed by atoms with van der Waals surface area (Å²) in [4.78, 5) is 5.36. The monoisotopic (exact) mass is 295 g/mol. The topological polar surface area (TPSA) is 33.1 Å². The van der Waals surface area contributed by atoms with Crippen LogP contribution in [0.1, 0.15) is 36.9 Å². The Labute approximate surface area is 120 Å². The minimum atomic E-state index is -0.878. The fourth-order valence-corrected chi connectivity index (χ4v) is 3.71. The van der Waals surface area contributed by atoms with Crippen molar-refractivity contribution in [2.45, 2.75) is 32.8 Å². The molecule has 0 saturated heterocycles. The van der Waals surface area contributed by atoms with Crippen molar-refractivity contribution in [3.8, 4) is 10.6 Å². The molecule has 1 aromatic carbocycles. The van der Waals surface area contributed by atoms with Crippen LogP contribution in [0.4, 0.5) is 8.78 Å². The van der Waals surface area contributed by atoms with Crippen LogP contribution in [0.5, 0.6) is 0 Å². The summed E-state index contributed by atoms with van der Waals surface area (Å²) in [6.45, 7) is 4.19. The third-order valence-electron chi connectivity index (χ3n) is 3.59. The van der Waals surface area contributed by atoms with Gasteiger partial charge in [-0.1, -0.05) is 13.8 Å². The lowest BCUT2D eigenvalue weighted by Gasteiger charge is -2.31. The van der Waals surface area contributed by atoms with E-state index >= 15 is 0 Å². The highest BCUT2D eigenvalue weighted by Crippen LogP contribution is 2.44. The average Bonchev–Trinajstić information content (AvgIpc) is 2.75. The molecule has 20 heavy (non-hydrogen) atoms. The molecule has 3 rings (SSSR count). The fraction of sp³-hybridized carbons (Fsp3) is 0.400. The van der Waals surface area contributed by atoms with E-state index in [0.29, 0.717) is 17.0 Å². The SMILES string of the molecule is CC1(C)Cc2nc(-c3ccc(F)c(F)c3)sc2C(O)C1. The summed E-state index contributed by atoms with van der Waals surface area (Å²) in [5, 5.41) is 10.8. The van der Waals surface area contributed by atoms with Crippen molar-refractivity contribution in [2.75, 3.05) is 0 Å². The third-order valence-corrected chi connectivity index (χ3v) is 4.84. The maximum Gasteiger partial charge on any atom is 0.159 e. The van der Waals surface area contributed by atoms with Gasteiger partial charge in [0, 0.05) is 5.56 Å². The number of thiazole rings is 1. The predicted molar refractivity (Wildman–Crippen MR) is 74.5 cm³/mol. The maximum absolute atomic E-state index is 13.3. The smallest absolute Gasteiger partial charge is 0.159 e. The highest BCUT2D eigenvalue weighted by Gasteiger charge is 2.34. The molecular formula is C15H15F2NOS. The quantitative estimate of drug-likeness (QED) is 0.859. The summed E-state index contributed by atoms with van der Waals surface area (Å²) in [7, 11) is 0. The summed E-state index contributed by atoms with van der Waals surface area (Å²) >= 11 is 1.36. The van der Waals surface area contributed by atoms with E-state index < -0.39 is 17.7 Å². The Morgan fingerprint density at radius 2 is 2.05 bits per heavy atom. The first-order valence-corrected chi connectivity index (χ1v) is 7.30. The third kappa shape index (κ3) is 2.36. The molecule has 0 fully saturated rings. The molecule has 0 amide bonds. The van der Waals surface area contributed by atoms with E-state index in [1.54, 1.807) is 0 Å². The lowest BCUT2D eigenvalue weighted by atomic mass is 9.77. The van der Waals surface area contributed by atoms with Gasteiger partial charge in [-0.25, -0.2) is 13.8 Å². The molecule has 2 nitrogen and oxygen atoms in total. The molecule has 1 atom stereocenters. The van der Waals surface area contributed by atoms with E-state index in [4.69, 9.17) is 0 Å². The van der Waals surface area contributed by atoms with Crippen LogP contribution < -0.4 is 0 Å². The number of halogens is 2. The van der Waals surface area contributed by atoms with Gasteiger partial charge in [0.2, 0.25) is 0 Å². The second kappa shape index (κ2) is 4.60. The van der Waals surface area contributed by atoms with E-state index in [-0.39, 0.29) is 5.41 Å². The standard InChI is InChI=1S/C15H15F2NOS/c1-15(2)6-11-13(12(19)7-15)20-14(18-11)8-3-4-9(16)10(17)5-8/h3-5,12,19H,6-7H2,1-2H3. The molecular weight excluding hydrogens is 280 g/mol. The molecule has 1 heterocycles. The molecule has 1 aliphatic carbocycles. The number of aliphatic hydroxyl groups excluding tert-OH is 1. The van der Waals surface area contributed by atoms with Crippen molar-refractivity contribution >= 4 is 11.3 Å². The Balaban J connectivity index is 2.03. The number of rotatable bonds is 1. The number of nitrogens with zero attached hydrogens (tertiary/aromatic N) is 1. The molecule has 1 aromatic heterocycles. The Kier molecular flexibility index (Phi) is 3.14. The first kappa shape index (κ1) is 13.6. The van der Waals surface area contributed by atoms with Crippen LogP contribution in [-0.2, 0) is 6.42 Å². The molecule has 0 radical (unpaired) electrons. The van der Waals surface area contributed by atoms with Gasteiger partial charge in [0.25, 0.3) is 0 Å². The predicted octanol–water partition coefficient (Wildman–Crippen LogP) is 4.09. The summed E-state index contributed by atoms with van der Waals surface area (Å²) in [5.74, 6) is -1.74. The van der Waals surface area contributed by atoms with Crippen LogP contribution in [0, 0.1) is 17.0 Å². The number of hydrogen-bond acceptors (Lipinski definition) is 3. The first-order valence-electron chi connectivity index (χ1n) is 6.49. The van der Waals surface area contributed by atoms with Crippen LogP contribution in [0.25, 0.3) is 10.6 Å². The minimum Gasteiger partial charge on any atom is -0.387 e. The molecule has 0 saturated carbocycles. The number of aliphatic hydroxyl groups is 1. The van der Waals surface area contributed by atoms with Crippen LogP contribution in [0.15, 0.2) is 18.2 Å². The molecule has 5 heteroatoms. The molecule has 2 aromatic rings. The van der Waals surface area contributed by atoms with Crippen molar-refractivity contribution in [3.05, 3.63) is 40.4 Å². The van der Waals surface area contributed by atoms with Gasteiger partial charge in [0.05, 0.1) is 16.7 Å². The van der Waals surface area contributed by atoms with Crippen LogP contribution in [-0.4, -0.2) is 10.1 Å². The number of benzene rings is 1. The van der Waals surface area contributed by atoms with Crippen molar-refractivity contribution in [3.63, 3.8) is 0 Å². The molecule has 0 spiro atoms. The molecule has 0 aliphatic heterocycles. The van der Waals surface area contributed by atoms with Gasteiger partial charge < -0.3 is 5.11 Å². The first-order chi connectivity index (χ1) is 9.35. The van der Waals surface area contributed by atoms with Crippen LogP contribution in [0.3, 0.4) is 0 Å². The molecule has 1 N–H and O–H groups in total. The van der Waals surface area contributed by atoms with Gasteiger partial charge in [0.15, 0.2) is 11.6 Å². The van der Waals surface area contributed by atoms with Gasteiger partial charge in [-0.3, -0.25) is 0 Å². The van der Waals surface area contributed by atoms with E-state index in [9.17, 15) is 13.9 Å². The van der Waals surface area contributed by atoms with Gasteiger partial charge >= 0.3 is 0 Å². The van der Waals surface area contributed by atoms with Gasteiger partial charge in [-0.2, -0.15) is 0 Å². The summed E-state index contributed by atoms with van der Waals surface area (Å²) in [6, 6.07) is 3.77. The van der Waals surface area contributed by atoms with Crippen LogP contribution in [0.2, 0.25) is 0 Å². The maximum atomic E-state index is 13.3. The zero-order chi connectivity index (χ0) is 14.5. The highest BCUT2D eigenvalue weighted by atomic mass is 32.1. The zero-order valence-corrected chi connectivity index (χ0v) is 12.1. The number of hydrogen-bond donors (Lipinski definition) is 1. The van der Waals surface area contributed by atoms with Gasteiger partial charge in [-0.05, 0) is 36.5 Å². The fourth-order valence-electron chi connectivity index (χ4n) is 2.64. The molecule has 106 valence electrons. The lowest BCUT2D eigenvalue weighted by Crippen LogP contribution is -2.24. The second-order valence-corrected chi connectivity index (χ2v) is 7.05. The Hall–Kier alpha value is -1.33. The van der Waals surface area contributed by atoms with E-state index in [1.807, 2.05) is 0 Å². The van der Waals surface area contributed by atoms with Crippen LogP contribution >= 0.6 is 11.3 Å². The van der Waals surface area contributed by atoms with E-state index in [2.05, 4.69) is 18.8 Å². The Bertz CT molecular complexity index is 666. The van der Waals surface area contributed by atoms with Gasteiger partial charge in [-0.15, -0.1) is 11.3 Å². The van der Waals surface area contributed by atoms with Crippen molar-refractivity contribution < 1.29 is 13.9 Å². The number of fused-ring (bicyclic) bond motifs is 1. The highest BCUT2D eigenvalue weighted by molar-refractivity contribution is 7.15. The van der Waals surface area contributed by atoms with E-state index in [0.717, 1.165) is 29.1 Å². The zero-order valence-electron chi connectivity index (χ0n) is 11.3. The summed E-state index contributed by atoms with van der Waals surface area (Å²) < 4.78 is 26.3. The molecule has 1 aliphatic rings. The minimum absolute atomic E-state index is 0.00576. The van der Waals surface area contributed by atoms with Crippen molar-refractivity contribution in [1.29, 1.82) is 0 Å². The average molecular weight is 295 g/mol. The molecule has 0 bridgehead atoms. The Morgan fingerprint density at radius 1 is 1.30 bits per heavy atom. The van der Waals surface area contributed by atoms with E-state index in [1.165, 1.54) is 17.4 Å². The van der Waals surface area contributed by atoms with Gasteiger partial charge in [0.1, 0.15) is 5.01 Å². The summed E-state index contributed by atoms with van der Waals surface area (Å²) in [6.07, 6.45) is 0.962. The van der Waals surface area contributed by atoms with Crippen molar-refractivity contribution in [1.82, 2.24) is 4.98 Å². The van der Waals surface area contributed by atoms with Crippen molar-refractivity contribution in [2.24, 2.45) is 5.41 Å².